The molecule has 0 atom stereocenters. The van der Waals surface area contributed by atoms with Gasteiger partial charge in [0.2, 0.25) is 0 Å². The molecule has 0 aromatic heterocycles. The Kier molecular flexibility index (Phi) is 10.0. The molecule has 0 fully saturated rings. The predicted octanol–water partition coefficient (Wildman–Crippen LogP) is 1.38. The van der Waals surface area contributed by atoms with Crippen LogP contribution in [0.15, 0.2) is 0 Å². The van der Waals surface area contributed by atoms with Gasteiger partial charge in [-0.2, -0.15) is 0 Å². The molecule has 0 saturated heterocycles. The van der Waals surface area contributed by atoms with Crippen LogP contribution in [-0.2, 0) is 19.0 Å². The highest BCUT2D eigenvalue weighted by Gasteiger charge is 2.00. The van der Waals surface area contributed by atoms with Crippen molar-refractivity contribution in [2.45, 2.75) is 26.2 Å². The Bertz CT molecular complexity index is 136. The van der Waals surface area contributed by atoms with Crippen molar-refractivity contribution in [3.8, 4) is 0 Å². The van der Waals surface area contributed by atoms with Crippen LogP contribution in [-0.4, -0.2) is 39.5 Å². The molecule has 0 aliphatic rings. The minimum atomic E-state index is -0.137. The van der Waals surface area contributed by atoms with Crippen LogP contribution >= 0.6 is 0 Å². The van der Waals surface area contributed by atoms with Crippen molar-refractivity contribution >= 4 is 5.97 Å². The van der Waals surface area contributed by atoms with Gasteiger partial charge >= 0.3 is 5.97 Å². The van der Waals surface area contributed by atoms with Crippen molar-refractivity contribution in [2.24, 2.45) is 0 Å². The summed E-state index contributed by atoms with van der Waals surface area (Å²) in [5, 5.41) is 0. The highest BCUT2D eigenvalue weighted by Crippen LogP contribution is 1.96. The first kappa shape index (κ1) is 13.4. The minimum Gasteiger partial charge on any atom is -0.463 e. The maximum Gasteiger partial charge on any atom is 0.305 e. The van der Waals surface area contributed by atoms with Gasteiger partial charge in [0.15, 0.2) is 0 Å². The lowest BCUT2D eigenvalue weighted by Crippen LogP contribution is -2.12. The largest absolute Gasteiger partial charge is 0.463 e. The van der Waals surface area contributed by atoms with Gasteiger partial charge in [-0.15, -0.1) is 0 Å². The van der Waals surface area contributed by atoms with Crippen LogP contribution in [0.1, 0.15) is 26.2 Å². The number of methoxy groups -OCH3 is 1. The second kappa shape index (κ2) is 10.5. The number of carbonyl (C=O) groups excluding carboxylic acids is 1. The molecule has 0 spiro atoms. The van der Waals surface area contributed by atoms with E-state index >= 15 is 0 Å². The summed E-state index contributed by atoms with van der Waals surface area (Å²) >= 11 is 0. The molecule has 0 saturated carbocycles. The molecular weight excluding hydrogens is 184 g/mol. The number of esters is 1. The Hall–Kier alpha value is -0.610. The molecule has 4 nitrogen and oxygen atoms in total. The van der Waals surface area contributed by atoms with Crippen LogP contribution in [0.4, 0.5) is 0 Å². The molecule has 0 bridgehead atoms. The molecule has 0 aromatic rings. The van der Waals surface area contributed by atoms with E-state index in [9.17, 15) is 4.79 Å². The zero-order valence-electron chi connectivity index (χ0n) is 9.08. The predicted molar refractivity (Wildman–Crippen MR) is 53.2 cm³/mol. The Morgan fingerprint density at radius 3 is 2.50 bits per heavy atom. The highest BCUT2D eigenvalue weighted by molar-refractivity contribution is 5.69. The van der Waals surface area contributed by atoms with Crippen LogP contribution in [0.2, 0.25) is 0 Å². The number of ether oxygens (including phenoxy) is 3. The van der Waals surface area contributed by atoms with E-state index in [2.05, 4.69) is 0 Å². The lowest BCUT2D eigenvalue weighted by atomic mass is 10.2. The molecule has 4 heteroatoms. The van der Waals surface area contributed by atoms with Crippen molar-refractivity contribution in [1.82, 2.24) is 0 Å². The van der Waals surface area contributed by atoms with Crippen molar-refractivity contribution in [2.75, 3.05) is 33.5 Å². The van der Waals surface area contributed by atoms with E-state index in [1.807, 2.05) is 6.92 Å². The SMILES string of the molecule is CCCCC(=O)OCCOCCOC. The molecule has 0 aliphatic carbocycles. The minimum absolute atomic E-state index is 0.137. The number of rotatable bonds is 9. The van der Waals surface area contributed by atoms with Gasteiger partial charge in [0.05, 0.1) is 19.8 Å². The Morgan fingerprint density at radius 2 is 1.86 bits per heavy atom. The van der Waals surface area contributed by atoms with Gasteiger partial charge in [-0.1, -0.05) is 13.3 Å². The van der Waals surface area contributed by atoms with Crippen molar-refractivity contribution in [3.05, 3.63) is 0 Å². The van der Waals surface area contributed by atoms with Crippen molar-refractivity contribution in [3.63, 3.8) is 0 Å². The molecule has 0 amide bonds. The molecule has 0 radical (unpaired) electrons. The topological polar surface area (TPSA) is 44.8 Å². The van der Waals surface area contributed by atoms with E-state index < -0.39 is 0 Å². The van der Waals surface area contributed by atoms with Crippen molar-refractivity contribution < 1.29 is 19.0 Å². The smallest absolute Gasteiger partial charge is 0.305 e. The fraction of sp³-hybridized carbons (Fsp3) is 0.900. The standard InChI is InChI=1S/C10H20O4/c1-3-4-5-10(11)14-9-8-13-7-6-12-2/h3-9H2,1-2H3. The summed E-state index contributed by atoms with van der Waals surface area (Å²) in [4.78, 5) is 11.0. The first-order valence-electron chi connectivity index (χ1n) is 5.03. The van der Waals surface area contributed by atoms with E-state index in [0.29, 0.717) is 32.8 Å². The third-order valence-corrected chi connectivity index (χ3v) is 1.66. The second-order valence-electron chi connectivity index (χ2n) is 2.93. The van der Waals surface area contributed by atoms with Gasteiger partial charge < -0.3 is 14.2 Å². The molecule has 0 aliphatic heterocycles. The van der Waals surface area contributed by atoms with Crippen LogP contribution in [0.25, 0.3) is 0 Å². The summed E-state index contributed by atoms with van der Waals surface area (Å²) in [7, 11) is 1.62. The van der Waals surface area contributed by atoms with Gasteiger partial charge in [0.25, 0.3) is 0 Å². The molecule has 0 N–H and O–H groups in total. The van der Waals surface area contributed by atoms with E-state index in [1.165, 1.54) is 0 Å². The molecule has 84 valence electrons. The van der Waals surface area contributed by atoms with E-state index in [-0.39, 0.29) is 5.97 Å². The van der Waals surface area contributed by atoms with E-state index in [0.717, 1.165) is 12.8 Å². The first-order chi connectivity index (χ1) is 6.81. The normalized spacial score (nSPS) is 10.1. The quantitative estimate of drug-likeness (QED) is 0.420. The maximum atomic E-state index is 11.0. The van der Waals surface area contributed by atoms with E-state index in [1.54, 1.807) is 7.11 Å². The summed E-state index contributed by atoms with van der Waals surface area (Å²) in [6, 6.07) is 0. The highest BCUT2D eigenvalue weighted by atomic mass is 16.6. The number of carbonyl (C=O) groups is 1. The molecule has 14 heavy (non-hydrogen) atoms. The summed E-state index contributed by atoms with van der Waals surface area (Å²) in [6.07, 6.45) is 2.41. The zero-order chi connectivity index (χ0) is 10.6. The molecular formula is C10H20O4. The van der Waals surface area contributed by atoms with Gasteiger partial charge in [-0.25, -0.2) is 0 Å². The van der Waals surface area contributed by atoms with Gasteiger partial charge in [-0.3, -0.25) is 4.79 Å². The van der Waals surface area contributed by atoms with Gasteiger partial charge in [-0.05, 0) is 6.42 Å². The van der Waals surface area contributed by atoms with Gasteiger partial charge in [0.1, 0.15) is 6.61 Å². The van der Waals surface area contributed by atoms with Crippen molar-refractivity contribution in [1.29, 1.82) is 0 Å². The monoisotopic (exact) mass is 204 g/mol. The molecule has 0 heterocycles. The number of hydrogen-bond donors (Lipinski definition) is 0. The fourth-order valence-corrected chi connectivity index (χ4v) is 0.852. The van der Waals surface area contributed by atoms with Crippen LogP contribution in [0.3, 0.4) is 0 Å². The summed E-state index contributed by atoms with van der Waals surface area (Å²) < 4.78 is 14.8. The van der Waals surface area contributed by atoms with E-state index in [4.69, 9.17) is 14.2 Å². The number of unbranched alkanes of at least 4 members (excludes halogenated alkanes) is 1. The molecule has 0 unspecified atom stereocenters. The van der Waals surface area contributed by atoms with Gasteiger partial charge in [0, 0.05) is 13.5 Å². The Balaban J connectivity index is 3.07. The third kappa shape index (κ3) is 9.48. The lowest BCUT2D eigenvalue weighted by Gasteiger charge is -2.05. The second-order valence-corrected chi connectivity index (χ2v) is 2.93. The maximum absolute atomic E-state index is 11.0. The van der Waals surface area contributed by atoms with Crippen LogP contribution in [0, 0.1) is 0 Å². The molecule has 0 aromatic carbocycles. The van der Waals surface area contributed by atoms with Crippen LogP contribution < -0.4 is 0 Å². The molecule has 0 rings (SSSR count). The Labute approximate surface area is 85.5 Å². The summed E-state index contributed by atoms with van der Waals surface area (Å²) in [5.41, 5.74) is 0. The average molecular weight is 204 g/mol. The fourth-order valence-electron chi connectivity index (χ4n) is 0.852. The van der Waals surface area contributed by atoms with Crippen LogP contribution in [0.5, 0.6) is 0 Å². The third-order valence-electron chi connectivity index (χ3n) is 1.66. The first-order valence-corrected chi connectivity index (χ1v) is 5.03. The zero-order valence-corrected chi connectivity index (χ0v) is 9.08. The Morgan fingerprint density at radius 1 is 1.14 bits per heavy atom. The average Bonchev–Trinajstić information content (AvgIpc) is 2.20. The lowest BCUT2D eigenvalue weighted by molar-refractivity contribution is -0.145. The summed E-state index contributed by atoms with van der Waals surface area (Å²) in [6.45, 7) is 3.95. The number of hydrogen-bond acceptors (Lipinski definition) is 4. The summed E-state index contributed by atoms with van der Waals surface area (Å²) in [5.74, 6) is -0.137.